The van der Waals surface area contributed by atoms with Gasteiger partial charge in [-0.25, -0.2) is 13.9 Å². The van der Waals surface area contributed by atoms with E-state index in [4.69, 9.17) is 21.5 Å². The molecule has 0 aliphatic rings. The van der Waals surface area contributed by atoms with Crippen LogP contribution in [0.25, 0.3) is 0 Å². The van der Waals surface area contributed by atoms with Crippen LogP contribution in [0, 0.1) is 5.92 Å². The van der Waals surface area contributed by atoms with Gasteiger partial charge in [0.1, 0.15) is 12.4 Å². The number of rotatable bonds is 9. The summed E-state index contributed by atoms with van der Waals surface area (Å²) in [5, 5.41) is 12.2. The molecule has 0 saturated heterocycles. The second kappa shape index (κ2) is 11.0. The molecule has 10 heteroatoms. The quantitative estimate of drug-likeness (QED) is 0.312. The summed E-state index contributed by atoms with van der Waals surface area (Å²) in [5.41, 5.74) is 2.28. The average molecular weight is 489 g/mol. The molecule has 3 N–H and O–H groups in total. The molecule has 1 atom stereocenters. The lowest BCUT2D eigenvalue weighted by molar-refractivity contribution is -0.133. The van der Waals surface area contributed by atoms with Gasteiger partial charge in [0.15, 0.2) is 9.84 Å². The van der Waals surface area contributed by atoms with Crippen LogP contribution in [0.3, 0.4) is 0 Å². The minimum atomic E-state index is -3.90. The molecule has 2 amide bonds. The Bertz CT molecular complexity index is 1200. The molecule has 0 aliphatic carbocycles. The summed E-state index contributed by atoms with van der Waals surface area (Å²) in [6.45, 7) is -0.245. The number of nitrogens with one attached hydrogen (secondary N) is 2. The van der Waals surface area contributed by atoms with Crippen molar-refractivity contribution in [2.24, 2.45) is 5.92 Å². The number of amides is 2. The lowest BCUT2D eigenvalue weighted by atomic mass is 10.2. The van der Waals surface area contributed by atoms with E-state index in [0.29, 0.717) is 22.0 Å². The van der Waals surface area contributed by atoms with Crippen molar-refractivity contribution in [3.63, 3.8) is 0 Å². The summed E-state index contributed by atoms with van der Waals surface area (Å²) >= 11 is 5.82. The van der Waals surface area contributed by atoms with Gasteiger partial charge < -0.3 is 10.1 Å². The summed E-state index contributed by atoms with van der Waals surface area (Å²) in [5.74, 6) is -2.51. The van der Waals surface area contributed by atoms with Crippen LogP contribution < -0.4 is 15.5 Å². The van der Waals surface area contributed by atoms with Crippen LogP contribution in [-0.4, -0.2) is 37.8 Å². The predicted octanol–water partition coefficient (Wildman–Crippen LogP) is 3.57. The molecule has 172 valence electrons. The van der Waals surface area contributed by atoms with Crippen LogP contribution in [-0.2, 0) is 14.6 Å². The van der Waals surface area contributed by atoms with Crippen LogP contribution in [0.1, 0.15) is 10.4 Å². The van der Waals surface area contributed by atoms with E-state index in [0.717, 1.165) is 0 Å². The first-order valence-corrected chi connectivity index (χ1v) is 11.8. The third kappa shape index (κ3) is 6.79. The first kappa shape index (κ1) is 24.2. The Kier molecular flexibility index (Phi) is 8.05. The molecular formula is C23H21ClN2O6S. The van der Waals surface area contributed by atoms with Crippen molar-refractivity contribution < 1.29 is 28.0 Å². The van der Waals surface area contributed by atoms with Crippen LogP contribution in [0.5, 0.6) is 5.75 Å². The van der Waals surface area contributed by atoms with Gasteiger partial charge in [0.25, 0.3) is 11.8 Å². The maximum atomic E-state index is 12.8. The number of hydrogen-bond acceptors (Lipinski definition) is 6. The molecule has 0 aromatic heterocycles. The number of hydroxylamine groups is 1. The van der Waals surface area contributed by atoms with Crippen LogP contribution in [0.2, 0.25) is 5.02 Å². The molecule has 1 unspecified atom stereocenters. The zero-order valence-corrected chi connectivity index (χ0v) is 18.8. The molecule has 3 aromatic rings. The van der Waals surface area contributed by atoms with Crippen molar-refractivity contribution in [2.45, 2.75) is 4.90 Å². The van der Waals surface area contributed by atoms with Gasteiger partial charge in [0.2, 0.25) is 0 Å². The van der Waals surface area contributed by atoms with E-state index in [1.165, 1.54) is 29.7 Å². The van der Waals surface area contributed by atoms with Gasteiger partial charge in [0, 0.05) is 16.3 Å². The van der Waals surface area contributed by atoms with Gasteiger partial charge in [-0.05, 0) is 60.7 Å². The smallest absolute Gasteiger partial charge is 0.255 e. The average Bonchev–Trinajstić information content (AvgIpc) is 2.82. The van der Waals surface area contributed by atoms with Crippen molar-refractivity contribution in [3.8, 4) is 5.75 Å². The van der Waals surface area contributed by atoms with Gasteiger partial charge in [0.05, 0.1) is 16.6 Å². The third-order valence-corrected chi connectivity index (χ3v) is 6.76. The first-order chi connectivity index (χ1) is 15.8. The van der Waals surface area contributed by atoms with Gasteiger partial charge in [-0.3, -0.25) is 14.8 Å². The number of anilines is 1. The summed E-state index contributed by atoms with van der Waals surface area (Å²) in [6.07, 6.45) is 0. The van der Waals surface area contributed by atoms with E-state index in [-0.39, 0.29) is 17.4 Å². The molecule has 0 bridgehead atoms. The normalized spacial score (nSPS) is 11.9. The molecular weight excluding hydrogens is 468 g/mol. The Morgan fingerprint density at radius 2 is 1.58 bits per heavy atom. The number of ether oxygens (including phenoxy) is 1. The fourth-order valence-electron chi connectivity index (χ4n) is 2.92. The SMILES string of the molecule is O=C(Nc1ccc(S(=O)(=O)CC(COc2ccccc2)C(=O)NO)cc1)c1ccc(Cl)cc1. The fourth-order valence-corrected chi connectivity index (χ4v) is 4.56. The van der Waals surface area contributed by atoms with Crippen molar-refractivity contribution in [3.05, 3.63) is 89.4 Å². The zero-order valence-electron chi connectivity index (χ0n) is 17.3. The summed E-state index contributed by atoms with van der Waals surface area (Å²) in [6, 6.07) is 20.5. The van der Waals surface area contributed by atoms with E-state index in [1.807, 2.05) is 0 Å². The van der Waals surface area contributed by atoms with Crippen molar-refractivity contribution in [1.82, 2.24) is 5.48 Å². The predicted molar refractivity (Wildman–Crippen MR) is 123 cm³/mol. The van der Waals surface area contributed by atoms with E-state index >= 15 is 0 Å². The molecule has 0 radical (unpaired) electrons. The number of benzene rings is 3. The Hall–Kier alpha value is -3.40. The fraction of sp³-hybridized carbons (Fsp3) is 0.130. The Morgan fingerprint density at radius 1 is 0.939 bits per heavy atom. The number of carbonyl (C=O) groups is 2. The Balaban J connectivity index is 1.67. The van der Waals surface area contributed by atoms with E-state index in [1.54, 1.807) is 54.6 Å². The van der Waals surface area contributed by atoms with Crippen molar-refractivity contribution in [1.29, 1.82) is 0 Å². The Labute approximate surface area is 196 Å². The lowest BCUT2D eigenvalue weighted by Crippen LogP contribution is -2.36. The molecule has 0 spiro atoms. The molecule has 0 aliphatic heterocycles. The second-order valence-corrected chi connectivity index (χ2v) is 9.53. The molecule has 3 aromatic carbocycles. The third-order valence-electron chi connectivity index (χ3n) is 4.67. The number of para-hydroxylation sites is 1. The van der Waals surface area contributed by atoms with Crippen molar-refractivity contribution in [2.75, 3.05) is 17.7 Å². The first-order valence-electron chi connectivity index (χ1n) is 9.80. The van der Waals surface area contributed by atoms with Gasteiger partial charge in [-0.15, -0.1) is 0 Å². The number of sulfone groups is 1. The molecule has 3 rings (SSSR count). The van der Waals surface area contributed by atoms with E-state index in [2.05, 4.69) is 5.32 Å². The van der Waals surface area contributed by atoms with Crippen LogP contribution in [0.4, 0.5) is 5.69 Å². The highest BCUT2D eigenvalue weighted by Gasteiger charge is 2.27. The zero-order chi connectivity index (χ0) is 23.8. The molecule has 0 heterocycles. The van der Waals surface area contributed by atoms with Gasteiger partial charge in [-0.2, -0.15) is 0 Å². The lowest BCUT2D eigenvalue weighted by Gasteiger charge is -2.16. The highest BCUT2D eigenvalue weighted by Crippen LogP contribution is 2.20. The van der Waals surface area contributed by atoms with Crippen molar-refractivity contribution >= 4 is 38.9 Å². The monoisotopic (exact) mass is 488 g/mol. The van der Waals surface area contributed by atoms with E-state index in [9.17, 15) is 18.0 Å². The van der Waals surface area contributed by atoms with E-state index < -0.39 is 27.4 Å². The summed E-state index contributed by atoms with van der Waals surface area (Å²) in [7, 11) is -3.90. The topological polar surface area (TPSA) is 122 Å². The second-order valence-electron chi connectivity index (χ2n) is 7.06. The molecule has 33 heavy (non-hydrogen) atoms. The molecule has 8 nitrogen and oxygen atoms in total. The highest BCUT2D eigenvalue weighted by atomic mass is 35.5. The maximum absolute atomic E-state index is 12.8. The Morgan fingerprint density at radius 3 is 2.18 bits per heavy atom. The van der Waals surface area contributed by atoms with Gasteiger partial charge in [-0.1, -0.05) is 29.8 Å². The standard InChI is InChI=1S/C23H21ClN2O6S/c24-18-8-6-16(7-9-18)22(27)25-19-10-12-21(13-11-19)33(30,31)15-17(23(28)26-29)14-32-20-4-2-1-3-5-20/h1-13,17,29H,14-15H2,(H,25,27)(H,26,28). The maximum Gasteiger partial charge on any atom is 0.255 e. The van der Waals surface area contributed by atoms with Crippen LogP contribution in [0.15, 0.2) is 83.8 Å². The minimum Gasteiger partial charge on any atom is -0.493 e. The number of halogens is 1. The number of hydrogen-bond donors (Lipinski definition) is 3. The molecule has 0 fully saturated rings. The van der Waals surface area contributed by atoms with Crippen LogP contribution >= 0.6 is 11.6 Å². The molecule has 0 saturated carbocycles. The highest BCUT2D eigenvalue weighted by molar-refractivity contribution is 7.91. The largest absolute Gasteiger partial charge is 0.493 e. The minimum absolute atomic E-state index is 0.0394. The summed E-state index contributed by atoms with van der Waals surface area (Å²) < 4.78 is 31.2. The number of carbonyl (C=O) groups excluding carboxylic acids is 2. The van der Waals surface area contributed by atoms with Gasteiger partial charge >= 0.3 is 0 Å². The summed E-state index contributed by atoms with van der Waals surface area (Å²) in [4.78, 5) is 24.3.